The molecule has 0 radical (unpaired) electrons. The average molecular weight is 418 g/mol. The summed E-state index contributed by atoms with van der Waals surface area (Å²) in [7, 11) is 0. The van der Waals surface area contributed by atoms with Crippen molar-refractivity contribution < 1.29 is 14.3 Å². The van der Waals surface area contributed by atoms with E-state index in [4.69, 9.17) is 21.3 Å². The Morgan fingerprint density at radius 1 is 0.935 bits per heavy atom. The predicted molar refractivity (Wildman–Crippen MR) is 117 cm³/mol. The van der Waals surface area contributed by atoms with E-state index in [9.17, 15) is 4.79 Å². The van der Waals surface area contributed by atoms with Crippen molar-refractivity contribution in [1.29, 1.82) is 5.26 Å². The molecule has 0 unspecified atom stereocenters. The van der Waals surface area contributed by atoms with E-state index in [1.54, 1.807) is 48.5 Å². The van der Waals surface area contributed by atoms with Gasteiger partial charge >= 0.3 is 0 Å². The van der Waals surface area contributed by atoms with E-state index in [1.165, 1.54) is 0 Å². The molecular weight excluding hydrogens is 392 g/mol. The number of nitriles is 1. The molecule has 2 aromatic rings. The maximum absolute atomic E-state index is 12.4. The molecule has 0 bridgehead atoms. The summed E-state index contributed by atoms with van der Waals surface area (Å²) >= 11 is 0. The smallest absolute Gasteiger partial charge is 0.236 e. The SMILES string of the molecule is [C-]#[N+]c1ccc(OCCCN2CCN(CCCOc3ccc(C#N)cc3)C(=O)C2)cc1. The second-order valence-corrected chi connectivity index (χ2v) is 7.30. The van der Waals surface area contributed by atoms with Crippen LogP contribution < -0.4 is 9.47 Å². The van der Waals surface area contributed by atoms with Crippen LogP contribution in [-0.2, 0) is 4.79 Å². The minimum atomic E-state index is 0.153. The van der Waals surface area contributed by atoms with Gasteiger partial charge in [-0.05, 0) is 49.2 Å². The van der Waals surface area contributed by atoms with Gasteiger partial charge in [0.05, 0.1) is 38.0 Å². The van der Waals surface area contributed by atoms with E-state index in [0.717, 1.165) is 44.0 Å². The number of amides is 1. The topological polar surface area (TPSA) is 70.2 Å². The Morgan fingerprint density at radius 3 is 2.13 bits per heavy atom. The van der Waals surface area contributed by atoms with Crippen molar-refractivity contribution in [2.45, 2.75) is 12.8 Å². The third-order valence-electron chi connectivity index (χ3n) is 5.08. The molecule has 3 rings (SSSR count). The molecule has 0 atom stereocenters. The van der Waals surface area contributed by atoms with E-state index in [2.05, 4.69) is 15.8 Å². The molecule has 160 valence electrons. The molecule has 1 amide bonds. The zero-order valence-electron chi connectivity index (χ0n) is 17.5. The fourth-order valence-corrected chi connectivity index (χ4v) is 3.35. The van der Waals surface area contributed by atoms with Crippen LogP contribution in [0.25, 0.3) is 4.85 Å². The van der Waals surface area contributed by atoms with Gasteiger partial charge in [0.2, 0.25) is 5.91 Å². The Balaban J connectivity index is 1.27. The predicted octanol–water partition coefficient (Wildman–Crippen LogP) is 3.49. The average Bonchev–Trinajstić information content (AvgIpc) is 2.81. The lowest BCUT2D eigenvalue weighted by Gasteiger charge is -2.34. The summed E-state index contributed by atoms with van der Waals surface area (Å²) in [5, 5.41) is 8.81. The third kappa shape index (κ3) is 7.02. The van der Waals surface area contributed by atoms with Gasteiger partial charge in [-0.3, -0.25) is 9.69 Å². The zero-order chi connectivity index (χ0) is 21.9. The quantitative estimate of drug-likeness (QED) is 0.436. The summed E-state index contributed by atoms with van der Waals surface area (Å²) in [6.45, 7) is 11.6. The van der Waals surface area contributed by atoms with Gasteiger partial charge in [-0.2, -0.15) is 5.26 Å². The molecule has 0 aliphatic carbocycles. The number of rotatable bonds is 10. The van der Waals surface area contributed by atoms with Gasteiger partial charge in [0.1, 0.15) is 11.5 Å². The van der Waals surface area contributed by atoms with Gasteiger partial charge in [-0.25, -0.2) is 4.85 Å². The van der Waals surface area contributed by atoms with Crippen molar-refractivity contribution in [3.8, 4) is 17.6 Å². The maximum atomic E-state index is 12.4. The van der Waals surface area contributed by atoms with Crippen molar-refractivity contribution in [3.05, 3.63) is 65.5 Å². The van der Waals surface area contributed by atoms with Gasteiger partial charge in [0.25, 0.3) is 0 Å². The van der Waals surface area contributed by atoms with Crippen LogP contribution >= 0.6 is 0 Å². The number of ether oxygens (including phenoxy) is 2. The molecule has 7 heteroatoms. The van der Waals surface area contributed by atoms with Crippen molar-refractivity contribution in [2.75, 3.05) is 45.9 Å². The molecule has 0 aromatic heterocycles. The highest BCUT2D eigenvalue weighted by atomic mass is 16.5. The molecule has 1 fully saturated rings. The Hall–Kier alpha value is -3.55. The van der Waals surface area contributed by atoms with Crippen molar-refractivity contribution in [1.82, 2.24) is 9.80 Å². The summed E-state index contributed by atoms with van der Waals surface area (Å²) in [6.07, 6.45) is 1.61. The lowest BCUT2D eigenvalue weighted by atomic mass is 10.2. The van der Waals surface area contributed by atoms with Gasteiger partial charge < -0.3 is 14.4 Å². The first-order valence-electron chi connectivity index (χ1n) is 10.4. The lowest BCUT2D eigenvalue weighted by Crippen LogP contribution is -2.50. The fraction of sp³-hybridized carbons (Fsp3) is 0.375. The number of piperazine rings is 1. The van der Waals surface area contributed by atoms with Crippen LogP contribution in [0.1, 0.15) is 18.4 Å². The van der Waals surface area contributed by atoms with Crippen LogP contribution in [0.5, 0.6) is 11.5 Å². The van der Waals surface area contributed by atoms with Gasteiger partial charge in [0, 0.05) is 26.2 Å². The van der Waals surface area contributed by atoms with Gasteiger partial charge in [0.15, 0.2) is 5.69 Å². The molecule has 0 spiro atoms. The molecule has 1 aliphatic heterocycles. The highest BCUT2D eigenvalue weighted by Gasteiger charge is 2.23. The molecular formula is C24H26N4O3. The standard InChI is InChI=1S/C24H26N4O3/c1-26-21-6-10-23(11-7-21)30-16-2-12-27-14-15-28(24(29)19-27)13-3-17-31-22-8-4-20(18-25)5-9-22/h4-11H,2-3,12-17,19H2. The second kappa shape index (κ2) is 11.6. The first-order valence-corrected chi connectivity index (χ1v) is 10.4. The van der Waals surface area contributed by atoms with Gasteiger partial charge in [-0.15, -0.1) is 0 Å². The van der Waals surface area contributed by atoms with E-state index >= 15 is 0 Å². The molecule has 31 heavy (non-hydrogen) atoms. The molecule has 2 aromatic carbocycles. The Labute approximate surface area is 183 Å². The summed E-state index contributed by atoms with van der Waals surface area (Å²) in [5.74, 6) is 1.65. The molecule has 1 aliphatic rings. The van der Waals surface area contributed by atoms with Crippen LogP contribution in [0.4, 0.5) is 5.69 Å². The number of carbonyl (C=O) groups is 1. The molecule has 0 saturated carbocycles. The zero-order valence-corrected chi connectivity index (χ0v) is 17.5. The van der Waals surface area contributed by atoms with Crippen LogP contribution in [0.15, 0.2) is 48.5 Å². The molecule has 1 heterocycles. The lowest BCUT2D eigenvalue weighted by molar-refractivity contribution is -0.136. The monoisotopic (exact) mass is 418 g/mol. The number of benzene rings is 2. The number of hydrogen-bond acceptors (Lipinski definition) is 5. The normalized spacial score (nSPS) is 14.0. The number of nitrogens with zero attached hydrogens (tertiary/aromatic N) is 4. The van der Waals surface area contributed by atoms with E-state index in [-0.39, 0.29) is 5.91 Å². The molecule has 1 saturated heterocycles. The third-order valence-corrected chi connectivity index (χ3v) is 5.08. The van der Waals surface area contributed by atoms with Crippen molar-refractivity contribution in [2.24, 2.45) is 0 Å². The highest BCUT2D eigenvalue weighted by molar-refractivity contribution is 5.79. The van der Waals surface area contributed by atoms with Crippen molar-refractivity contribution >= 4 is 11.6 Å². The molecule has 7 nitrogen and oxygen atoms in total. The number of hydrogen-bond donors (Lipinski definition) is 0. The second-order valence-electron chi connectivity index (χ2n) is 7.30. The minimum absolute atomic E-state index is 0.153. The van der Waals surface area contributed by atoms with Crippen LogP contribution in [0, 0.1) is 17.9 Å². The van der Waals surface area contributed by atoms with E-state index in [1.807, 2.05) is 4.90 Å². The summed E-state index contributed by atoms with van der Waals surface area (Å²) in [5.41, 5.74) is 1.21. The largest absolute Gasteiger partial charge is 0.494 e. The fourth-order valence-electron chi connectivity index (χ4n) is 3.35. The van der Waals surface area contributed by atoms with Crippen molar-refractivity contribution in [3.63, 3.8) is 0 Å². The summed E-state index contributed by atoms with van der Waals surface area (Å²) < 4.78 is 11.4. The van der Waals surface area contributed by atoms with Crippen LogP contribution in [0.2, 0.25) is 0 Å². The first-order chi connectivity index (χ1) is 15.2. The van der Waals surface area contributed by atoms with Crippen LogP contribution in [-0.4, -0.2) is 61.6 Å². The Bertz CT molecular complexity index is 929. The van der Waals surface area contributed by atoms with E-state index < -0.39 is 0 Å². The highest BCUT2D eigenvalue weighted by Crippen LogP contribution is 2.18. The molecule has 0 N–H and O–H groups in total. The van der Waals surface area contributed by atoms with Crippen LogP contribution in [0.3, 0.4) is 0 Å². The first kappa shape index (κ1) is 22.1. The summed E-state index contributed by atoms with van der Waals surface area (Å²) in [6, 6.07) is 16.2. The minimum Gasteiger partial charge on any atom is -0.494 e. The number of carbonyl (C=O) groups excluding carboxylic acids is 1. The van der Waals surface area contributed by atoms with E-state index in [0.29, 0.717) is 37.6 Å². The summed E-state index contributed by atoms with van der Waals surface area (Å²) in [4.78, 5) is 19.8. The Kier molecular flexibility index (Phi) is 8.28. The maximum Gasteiger partial charge on any atom is 0.236 e. The Morgan fingerprint density at radius 2 is 1.55 bits per heavy atom. The van der Waals surface area contributed by atoms with Gasteiger partial charge in [-0.1, -0.05) is 12.1 Å².